The molecule has 2 aromatic carbocycles. The highest BCUT2D eigenvalue weighted by Gasteiger charge is 2.13. The van der Waals surface area contributed by atoms with E-state index in [-0.39, 0.29) is 12.8 Å². The largest absolute Gasteiger partial charge is 0.454 e. The van der Waals surface area contributed by atoms with Gasteiger partial charge >= 0.3 is 6.03 Å². The lowest BCUT2D eigenvalue weighted by Gasteiger charge is -2.09. The first kappa shape index (κ1) is 16.9. The number of aromatic nitrogens is 3. The third-order valence-corrected chi connectivity index (χ3v) is 4.15. The summed E-state index contributed by atoms with van der Waals surface area (Å²) in [5.74, 6) is 1.44. The average Bonchev–Trinajstić information content (AvgIpc) is 3.36. The number of urea groups is 1. The predicted molar refractivity (Wildman–Crippen MR) is 97.2 cm³/mol. The van der Waals surface area contributed by atoms with Crippen LogP contribution in [-0.2, 0) is 19.6 Å². The summed E-state index contributed by atoms with van der Waals surface area (Å²) in [6, 6.07) is 13.4. The van der Waals surface area contributed by atoms with Crippen LogP contribution in [0.1, 0.15) is 16.7 Å². The van der Waals surface area contributed by atoms with Gasteiger partial charge in [-0.3, -0.25) is 0 Å². The standard InChI is InChI=1S/C19H19N5O3/c25-19(22-9-15-4-5-17-18(7-15)27-13-26-17)21-8-14-2-1-3-16(6-14)10-24-12-20-11-23-24/h1-7,11-12H,8-10,13H2,(H2,21,22,25). The van der Waals surface area contributed by atoms with Crippen molar-refractivity contribution in [3.8, 4) is 11.5 Å². The zero-order valence-electron chi connectivity index (χ0n) is 14.6. The molecule has 0 aliphatic carbocycles. The van der Waals surface area contributed by atoms with Crippen molar-refractivity contribution >= 4 is 6.03 Å². The van der Waals surface area contributed by atoms with E-state index in [9.17, 15) is 4.79 Å². The molecule has 0 atom stereocenters. The van der Waals surface area contributed by atoms with E-state index in [1.54, 1.807) is 11.0 Å². The highest BCUT2D eigenvalue weighted by atomic mass is 16.7. The summed E-state index contributed by atoms with van der Waals surface area (Å²) < 4.78 is 12.4. The molecule has 8 nitrogen and oxygen atoms in total. The predicted octanol–water partition coefficient (Wildman–Crippen LogP) is 2.05. The maximum atomic E-state index is 12.1. The van der Waals surface area contributed by atoms with E-state index < -0.39 is 0 Å². The van der Waals surface area contributed by atoms with E-state index in [0.29, 0.717) is 25.4 Å². The molecule has 1 aliphatic heterocycles. The molecule has 0 radical (unpaired) electrons. The summed E-state index contributed by atoms with van der Waals surface area (Å²) >= 11 is 0. The number of fused-ring (bicyclic) bond motifs is 1. The number of carbonyl (C=O) groups is 1. The summed E-state index contributed by atoms with van der Waals surface area (Å²) in [7, 11) is 0. The Kier molecular flexibility index (Phi) is 4.86. The fourth-order valence-electron chi connectivity index (χ4n) is 2.82. The van der Waals surface area contributed by atoms with Gasteiger partial charge in [-0.2, -0.15) is 5.10 Å². The zero-order valence-corrected chi connectivity index (χ0v) is 14.6. The average molecular weight is 365 g/mol. The summed E-state index contributed by atoms with van der Waals surface area (Å²) in [6.07, 6.45) is 3.18. The number of benzene rings is 2. The topological polar surface area (TPSA) is 90.3 Å². The Balaban J connectivity index is 1.26. The lowest BCUT2D eigenvalue weighted by molar-refractivity contribution is 0.174. The van der Waals surface area contributed by atoms with E-state index in [2.05, 4.69) is 20.7 Å². The number of carbonyl (C=O) groups excluding carboxylic acids is 1. The number of nitrogens with one attached hydrogen (secondary N) is 2. The highest BCUT2D eigenvalue weighted by molar-refractivity contribution is 5.73. The molecule has 2 heterocycles. The van der Waals surface area contributed by atoms with E-state index in [1.807, 2.05) is 42.5 Å². The first-order valence-electron chi connectivity index (χ1n) is 8.57. The van der Waals surface area contributed by atoms with Gasteiger partial charge in [-0.15, -0.1) is 0 Å². The van der Waals surface area contributed by atoms with Gasteiger partial charge in [0.25, 0.3) is 0 Å². The molecule has 138 valence electrons. The molecule has 0 saturated carbocycles. The smallest absolute Gasteiger partial charge is 0.315 e. The third kappa shape index (κ3) is 4.35. The molecule has 0 unspecified atom stereocenters. The van der Waals surface area contributed by atoms with E-state index in [1.165, 1.54) is 6.33 Å². The van der Waals surface area contributed by atoms with Crippen molar-refractivity contribution in [3.63, 3.8) is 0 Å². The normalized spacial score (nSPS) is 12.0. The van der Waals surface area contributed by atoms with Crippen LogP contribution in [0.4, 0.5) is 4.79 Å². The summed E-state index contributed by atoms with van der Waals surface area (Å²) in [5, 5.41) is 9.81. The minimum absolute atomic E-state index is 0.227. The summed E-state index contributed by atoms with van der Waals surface area (Å²) in [5.41, 5.74) is 3.07. The van der Waals surface area contributed by atoms with Crippen LogP contribution in [0.2, 0.25) is 0 Å². The zero-order chi connectivity index (χ0) is 18.5. The number of hydrogen-bond acceptors (Lipinski definition) is 5. The van der Waals surface area contributed by atoms with Crippen LogP contribution < -0.4 is 20.1 Å². The van der Waals surface area contributed by atoms with Gasteiger partial charge < -0.3 is 20.1 Å². The lowest BCUT2D eigenvalue weighted by atomic mass is 10.1. The van der Waals surface area contributed by atoms with E-state index in [0.717, 1.165) is 22.4 Å². The van der Waals surface area contributed by atoms with Crippen molar-refractivity contribution in [3.05, 3.63) is 71.8 Å². The van der Waals surface area contributed by atoms with E-state index >= 15 is 0 Å². The van der Waals surface area contributed by atoms with Crippen LogP contribution >= 0.6 is 0 Å². The van der Waals surface area contributed by atoms with Gasteiger partial charge in [0.2, 0.25) is 6.79 Å². The first-order valence-corrected chi connectivity index (χ1v) is 8.57. The number of nitrogens with zero attached hydrogens (tertiary/aromatic N) is 3. The van der Waals surface area contributed by atoms with Crippen molar-refractivity contribution in [1.82, 2.24) is 25.4 Å². The molecule has 1 aromatic heterocycles. The molecule has 2 amide bonds. The van der Waals surface area contributed by atoms with Gasteiger partial charge in [0.05, 0.1) is 6.54 Å². The fraction of sp³-hybridized carbons (Fsp3) is 0.211. The molecule has 0 bridgehead atoms. The van der Waals surface area contributed by atoms with Crippen molar-refractivity contribution in [2.75, 3.05) is 6.79 Å². The Bertz CT molecular complexity index is 927. The Hall–Kier alpha value is -3.55. The van der Waals surface area contributed by atoms with Gasteiger partial charge in [0.15, 0.2) is 11.5 Å². The van der Waals surface area contributed by atoms with Crippen LogP contribution in [-0.4, -0.2) is 27.6 Å². The van der Waals surface area contributed by atoms with E-state index in [4.69, 9.17) is 9.47 Å². The van der Waals surface area contributed by atoms with Gasteiger partial charge in [-0.1, -0.05) is 30.3 Å². The molecule has 0 saturated heterocycles. The number of hydrogen-bond donors (Lipinski definition) is 2. The molecule has 8 heteroatoms. The van der Waals surface area contributed by atoms with Crippen LogP contribution in [0.3, 0.4) is 0 Å². The van der Waals surface area contributed by atoms with Gasteiger partial charge in [0.1, 0.15) is 12.7 Å². The Morgan fingerprint density at radius 1 is 1.00 bits per heavy atom. The Morgan fingerprint density at radius 3 is 2.59 bits per heavy atom. The molecule has 0 spiro atoms. The summed E-state index contributed by atoms with van der Waals surface area (Å²) in [4.78, 5) is 16.0. The molecule has 27 heavy (non-hydrogen) atoms. The second-order valence-electron chi connectivity index (χ2n) is 6.14. The first-order chi connectivity index (χ1) is 13.3. The maximum absolute atomic E-state index is 12.1. The highest BCUT2D eigenvalue weighted by Crippen LogP contribution is 2.32. The maximum Gasteiger partial charge on any atom is 0.315 e. The lowest BCUT2D eigenvalue weighted by Crippen LogP contribution is -2.34. The summed E-state index contributed by atoms with van der Waals surface area (Å²) in [6.45, 7) is 1.74. The second kappa shape index (κ2) is 7.77. The van der Waals surface area contributed by atoms with Gasteiger partial charge in [0, 0.05) is 13.1 Å². The Labute approximate surface area is 156 Å². The molecule has 4 rings (SSSR count). The van der Waals surface area contributed by atoms with Crippen LogP contribution in [0, 0.1) is 0 Å². The van der Waals surface area contributed by atoms with Gasteiger partial charge in [-0.25, -0.2) is 14.5 Å². The quantitative estimate of drug-likeness (QED) is 0.698. The number of ether oxygens (including phenoxy) is 2. The minimum Gasteiger partial charge on any atom is -0.454 e. The Morgan fingerprint density at radius 2 is 1.78 bits per heavy atom. The van der Waals surface area contributed by atoms with Crippen LogP contribution in [0.15, 0.2) is 55.1 Å². The third-order valence-electron chi connectivity index (χ3n) is 4.15. The molecule has 1 aliphatic rings. The SMILES string of the molecule is O=C(NCc1cccc(Cn2cncn2)c1)NCc1ccc2c(c1)OCO2. The van der Waals surface area contributed by atoms with Crippen LogP contribution in [0.25, 0.3) is 0 Å². The second-order valence-corrected chi connectivity index (χ2v) is 6.14. The molecular formula is C19H19N5O3. The van der Waals surface area contributed by atoms with Crippen molar-refractivity contribution in [1.29, 1.82) is 0 Å². The van der Waals surface area contributed by atoms with Crippen LogP contribution in [0.5, 0.6) is 11.5 Å². The monoisotopic (exact) mass is 365 g/mol. The van der Waals surface area contributed by atoms with Crippen molar-refractivity contribution in [2.45, 2.75) is 19.6 Å². The number of amides is 2. The molecule has 0 fully saturated rings. The fourth-order valence-corrected chi connectivity index (χ4v) is 2.82. The molecule has 3 aromatic rings. The number of rotatable bonds is 6. The molecular weight excluding hydrogens is 346 g/mol. The van der Waals surface area contributed by atoms with Gasteiger partial charge in [-0.05, 0) is 28.8 Å². The van der Waals surface area contributed by atoms with Crippen molar-refractivity contribution < 1.29 is 14.3 Å². The minimum atomic E-state index is -0.227. The van der Waals surface area contributed by atoms with Crippen molar-refractivity contribution in [2.24, 2.45) is 0 Å². The molecule has 2 N–H and O–H groups in total.